The predicted octanol–water partition coefficient (Wildman–Crippen LogP) is 4.97. The van der Waals surface area contributed by atoms with E-state index < -0.39 is 0 Å². The molecular weight excluding hydrogens is 468 g/mol. The lowest BCUT2D eigenvalue weighted by Gasteiger charge is -2.32. The third-order valence-electron chi connectivity index (χ3n) is 5.14. The maximum atomic E-state index is 13.0. The van der Waals surface area contributed by atoms with E-state index in [0.717, 1.165) is 46.3 Å². The molecule has 2 aromatic rings. The Morgan fingerprint density at radius 2 is 2.17 bits per heavy atom. The number of Topliss-reactive ketones (excluding diaryl/α,β-unsaturated/α-hetero) is 1. The molecule has 0 saturated carbocycles. The van der Waals surface area contributed by atoms with Crippen molar-refractivity contribution in [2.45, 2.75) is 50.7 Å². The van der Waals surface area contributed by atoms with E-state index in [1.807, 2.05) is 23.7 Å². The number of carbonyl (C=O) groups excluding carboxylic acids is 1. The van der Waals surface area contributed by atoms with Crippen molar-refractivity contribution in [1.82, 2.24) is 14.8 Å². The van der Waals surface area contributed by atoms with Crippen LogP contribution < -0.4 is 14.8 Å². The fraction of sp³-hybridized carbons (Fsp3) is 0.476. The Morgan fingerprint density at radius 3 is 2.90 bits per heavy atom. The molecule has 1 N–H and O–H groups in total. The zero-order chi connectivity index (χ0) is 21.3. The van der Waals surface area contributed by atoms with E-state index in [-0.39, 0.29) is 11.8 Å². The number of methoxy groups -OCH3 is 1. The zero-order valence-electron chi connectivity index (χ0n) is 17.3. The van der Waals surface area contributed by atoms with E-state index in [4.69, 9.17) is 14.6 Å². The summed E-state index contributed by atoms with van der Waals surface area (Å²) in [6, 6.07) is 3.57. The molecule has 1 aliphatic heterocycles. The van der Waals surface area contributed by atoms with Gasteiger partial charge in [-0.15, -0.1) is 5.10 Å². The fourth-order valence-electron chi connectivity index (χ4n) is 3.91. The molecule has 0 amide bonds. The van der Waals surface area contributed by atoms with Crippen LogP contribution in [0.1, 0.15) is 51.1 Å². The van der Waals surface area contributed by atoms with Crippen molar-refractivity contribution in [2.24, 2.45) is 0 Å². The van der Waals surface area contributed by atoms with Crippen LogP contribution in [-0.2, 0) is 4.79 Å². The molecule has 9 heteroatoms. The van der Waals surface area contributed by atoms with E-state index in [2.05, 4.69) is 33.2 Å². The SMILES string of the molecule is CCCSc1nc2n(n1)C(c1cc(Br)c(OC)c(OCC)c1)C1=C(CCCC1=O)N2. The minimum absolute atomic E-state index is 0.155. The quantitative estimate of drug-likeness (QED) is 0.546. The number of benzene rings is 1. The lowest BCUT2D eigenvalue weighted by atomic mass is 9.85. The lowest BCUT2D eigenvalue weighted by Crippen LogP contribution is -2.31. The van der Waals surface area contributed by atoms with Crippen LogP contribution in [0.15, 0.2) is 33.0 Å². The van der Waals surface area contributed by atoms with Crippen LogP contribution in [0.25, 0.3) is 0 Å². The van der Waals surface area contributed by atoms with Gasteiger partial charge in [0.15, 0.2) is 17.3 Å². The monoisotopic (exact) mass is 492 g/mol. The summed E-state index contributed by atoms with van der Waals surface area (Å²) in [4.78, 5) is 17.7. The molecular formula is C21H25BrN4O3S. The maximum absolute atomic E-state index is 13.0. The molecule has 1 aromatic carbocycles. The van der Waals surface area contributed by atoms with Gasteiger partial charge in [-0.05, 0) is 59.8 Å². The van der Waals surface area contributed by atoms with Crippen molar-refractivity contribution in [3.63, 3.8) is 0 Å². The normalized spacial score (nSPS) is 18.0. The number of rotatable bonds is 7. The Kier molecular flexibility index (Phi) is 6.38. The highest BCUT2D eigenvalue weighted by Crippen LogP contribution is 2.45. The summed E-state index contributed by atoms with van der Waals surface area (Å²) >= 11 is 5.23. The summed E-state index contributed by atoms with van der Waals surface area (Å²) in [6.07, 6.45) is 3.27. The number of nitrogens with zero attached hydrogens (tertiary/aromatic N) is 3. The number of ketones is 1. The number of hydrogen-bond acceptors (Lipinski definition) is 7. The Balaban J connectivity index is 1.87. The molecule has 0 radical (unpaired) electrons. The number of halogens is 1. The van der Waals surface area contributed by atoms with Gasteiger partial charge in [0.05, 0.1) is 18.2 Å². The summed E-state index contributed by atoms with van der Waals surface area (Å²) in [5.74, 6) is 3.05. The standard InChI is InChI=1S/C21H25BrN4O3S/c1-4-9-30-21-24-20-23-14-7-6-8-15(27)17(14)18(26(20)25-21)12-10-13(22)19(28-3)16(11-12)29-5-2/h10-11,18H,4-9H2,1-3H3,(H,23,24,25). The van der Waals surface area contributed by atoms with Gasteiger partial charge in [-0.2, -0.15) is 4.98 Å². The van der Waals surface area contributed by atoms with Gasteiger partial charge in [-0.25, -0.2) is 4.68 Å². The number of fused-ring (bicyclic) bond motifs is 1. The molecule has 0 saturated heterocycles. The Bertz CT molecular complexity index is 1000. The molecule has 0 spiro atoms. The average molecular weight is 493 g/mol. The van der Waals surface area contributed by atoms with Gasteiger partial charge in [-0.3, -0.25) is 4.79 Å². The van der Waals surface area contributed by atoms with E-state index >= 15 is 0 Å². The molecule has 30 heavy (non-hydrogen) atoms. The average Bonchev–Trinajstić information content (AvgIpc) is 3.13. The Labute approximate surface area is 188 Å². The Hall–Kier alpha value is -2.00. The van der Waals surface area contributed by atoms with Crippen molar-refractivity contribution in [3.8, 4) is 11.5 Å². The third-order valence-corrected chi connectivity index (χ3v) is 6.77. The number of nitrogens with one attached hydrogen (secondary N) is 1. The van der Waals surface area contributed by atoms with Crippen molar-refractivity contribution < 1.29 is 14.3 Å². The minimum Gasteiger partial charge on any atom is -0.492 e. The minimum atomic E-state index is -0.353. The van der Waals surface area contributed by atoms with Gasteiger partial charge in [0.1, 0.15) is 6.04 Å². The summed E-state index contributed by atoms with van der Waals surface area (Å²) in [5, 5.41) is 8.84. The Morgan fingerprint density at radius 1 is 1.33 bits per heavy atom. The first-order valence-electron chi connectivity index (χ1n) is 10.2. The molecule has 0 fully saturated rings. The van der Waals surface area contributed by atoms with E-state index in [1.165, 1.54) is 0 Å². The molecule has 1 atom stereocenters. The number of aromatic nitrogens is 3. The summed E-state index contributed by atoms with van der Waals surface area (Å²) in [7, 11) is 1.62. The van der Waals surface area contributed by atoms with Crippen LogP contribution in [0.5, 0.6) is 11.5 Å². The first kappa shape index (κ1) is 21.2. The van der Waals surface area contributed by atoms with Crippen molar-refractivity contribution >= 4 is 39.4 Å². The molecule has 1 aromatic heterocycles. The largest absolute Gasteiger partial charge is 0.492 e. The smallest absolute Gasteiger partial charge is 0.227 e. The van der Waals surface area contributed by atoms with Gasteiger partial charge in [0.2, 0.25) is 11.1 Å². The maximum Gasteiger partial charge on any atom is 0.227 e. The number of anilines is 1. The van der Waals surface area contributed by atoms with E-state index in [0.29, 0.717) is 35.6 Å². The molecule has 2 heterocycles. The second-order valence-corrected chi connectivity index (χ2v) is 9.09. The van der Waals surface area contributed by atoms with E-state index in [1.54, 1.807) is 18.9 Å². The summed E-state index contributed by atoms with van der Waals surface area (Å²) in [6.45, 7) is 4.58. The first-order valence-corrected chi connectivity index (χ1v) is 12.0. The molecule has 1 aliphatic carbocycles. The second kappa shape index (κ2) is 9.01. The van der Waals surface area contributed by atoms with Crippen molar-refractivity contribution in [3.05, 3.63) is 33.4 Å². The molecule has 7 nitrogen and oxygen atoms in total. The highest BCUT2D eigenvalue weighted by molar-refractivity contribution is 9.10. The molecule has 0 bridgehead atoms. The fourth-order valence-corrected chi connectivity index (χ4v) is 5.21. The topological polar surface area (TPSA) is 78.3 Å². The third kappa shape index (κ3) is 3.85. The molecule has 1 unspecified atom stereocenters. The van der Waals surface area contributed by atoms with Gasteiger partial charge in [0.25, 0.3) is 0 Å². The van der Waals surface area contributed by atoms with Gasteiger partial charge >= 0.3 is 0 Å². The summed E-state index contributed by atoms with van der Waals surface area (Å²) in [5.41, 5.74) is 2.63. The summed E-state index contributed by atoms with van der Waals surface area (Å²) < 4.78 is 14.0. The highest BCUT2D eigenvalue weighted by atomic mass is 79.9. The van der Waals surface area contributed by atoms with E-state index in [9.17, 15) is 4.79 Å². The number of allylic oxidation sites excluding steroid dienone is 2. The molecule has 2 aliphatic rings. The number of thioether (sulfide) groups is 1. The number of carbonyl (C=O) groups is 1. The molecule has 160 valence electrons. The lowest BCUT2D eigenvalue weighted by molar-refractivity contribution is -0.116. The second-order valence-electron chi connectivity index (χ2n) is 7.17. The van der Waals surface area contributed by atoms with Crippen molar-refractivity contribution in [2.75, 3.05) is 24.8 Å². The number of ether oxygens (including phenoxy) is 2. The number of hydrogen-bond donors (Lipinski definition) is 1. The van der Waals surface area contributed by atoms with Crippen molar-refractivity contribution in [1.29, 1.82) is 0 Å². The zero-order valence-corrected chi connectivity index (χ0v) is 19.7. The van der Waals surface area contributed by atoms with Gasteiger partial charge in [0, 0.05) is 23.4 Å². The van der Waals surface area contributed by atoms with Crippen LogP contribution in [0, 0.1) is 0 Å². The van der Waals surface area contributed by atoms with Gasteiger partial charge < -0.3 is 14.8 Å². The van der Waals surface area contributed by atoms with Crippen LogP contribution >= 0.6 is 27.7 Å². The van der Waals surface area contributed by atoms with Crippen LogP contribution in [0.2, 0.25) is 0 Å². The first-order chi connectivity index (χ1) is 14.6. The highest BCUT2D eigenvalue weighted by Gasteiger charge is 2.37. The van der Waals surface area contributed by atoms with Crippen LogP contribution in [0.4, 0.5) is 5.95 Å². The molecule has 4 rings (SSSR count). The van der Waals surface area contributed by atoms with Crippen LogP contribution in [-0.4, -0.2) is 40.0 Å². The van der Waals surface area contributed by atoms with Gasteiger partial charge in [-0.1, -0.05) is 18.7 Å². The van der Waals surface area contributed by atoms with Crippen LogP contribution in [0.3, 0.4) is 0 Å². The predicted molar refractivity (Wildman–Crippen MR) is 121 cm³/mol.